The number of ether oxygens (including phenoxy) is 1. The lowest BCUT2D eigenvalue weighted by molar-refractivity contribution is 0.131. The summed E-state index contributed by atoms with van der Waals surface area (Å²) >= 11 is 0. The van der Waals surface area contributed by atoms with Gasteiger partial charge in [-0.2, -0.15) is 0 Å². The van der Waals surface area contributed by atoms with Crippen LogP contribution < -0.4 is 4.74 Å². The van der Waals surface area contributed by atoms with Gasteiger partial charge in [-0.1, -0.05) is 26.8 Å². The lowest BCUT2D eigenvalue weighted by Gasteiger charge is -2.21. The molecule has 0 amide bonds. The average molecular weight is 323 g/mol. The van der Waals surface area contributed by atoms with Gasteiger partial charge in [-0.05, 0) is 68.1 Å². The summed E-state index contributed by atoms with van der Waals surface area (Å²) in [6, 6.07) is 14.1. The summed E-state index contributed by atoms with van der Waals surface area (Å²) in [5.74, 6) is 1.48. The highest BCUT2D eigenvalue weighted by atomic mass is 16.5. The highest BCUT2D eigenvalue weighted by Gasteiger charge is 2.16. The van der Waals surface area contributed by atoms with E-state index < -0.39 is 0 Å². The van der Waals surface area contributed by atoms with Crippen LogP contribution in [-0.4, -0.2) is 10.6 Å². The van der Waals surface area contributed by atoms with Gasteiger partial charge in [-0.15, -0.1) is 0 Å². The summed E-state index contributed by atoms with van der Waals surface area (Å²) in [4.78, 5) is 4.65. The first-order valence-electron chi connectivity index (χ1n) is 8.32. The molecule has 0 fully saturated rings. The molecule has 126 valence electrons. The van der Waals surface area contributed by atoms with Crippen LogP contribution in [0.2, 0.25) is 0 Å². The van der Waals surface area contributed by atoms with Crippen LogP contribution in [0.15, 0.2) is 46.9 Å². The molecule has 1 aromatic heterocycles. The van der Waals surface area contributed by atoms with E-state index in [1.54, 1.807) is 0 Å². The Bertz CT molecular complexity index is 846. The SMILES string of the molecule is CC(C)(C)Oc1ccc(-c2nc3cc(C(C)(C)C)ccc3o2)cc1. The van der Waals surface area contributed by atoms with Crippen molar-refractivity contribution in [2.75, 3.05) is 0 Å². The zero-order chi connectivity index (χ0) is 17.5. The van der Waals surface area contributed by atoms with E-state index in [2.05, 4.69) is 37.9 Å². The van der Waals surface area contributed by atoms with Crippen molar-refractivity contribution in [3.8, 4) is 17.2 Å². The molecule has 3 aromatic rings. The van der Waals surface area contributed by atoms with E-state index in [1.807, 2.05) is 51.1 Å². The topological polar surface area (TPSA) is 35.3 Å². The van der Waals surface area contributed by atoms with Crippen molar-refractivity contribution in [2.24, 2.45) is 0 Å². The second kappa shape index (κ2) is 5.66. The number of nitrogens with zero attached hydrogens (tertiary/aromatic N) is 1. The maximum absolute atomic E-state index is 5.91. The highest BCUT2D eigenvalue weighted by Crippen LogP contribution is 2.30. The van der Waals surface area contributed by atoms with Crippen molar-refractivity contribution in [3.63, 3.8) is 0 Å². The predicted molar refractivity (Wildman–Crippen MR) is 98.5 cm³/mol. The molecule has 0 radical (unpaired) electrons. The van der Waals surface area contributed by atoms with Gasteiger partial charge in [0.2, 0.25) is 5.89 Å². The Labute approximate surface area is 143 Å². The van der Waals surface area contributed by atoms with E-state index in [-0.39, 0.29) is 11.0 Å². The number of hydrogen-bond acceptors (Lipinski definition) is 3. The molecule has 0 saturated carbocycles. The molecule has 0 N–H and O–H groups in total. The Kier molecular flexibility index (Phi) is 3.90. The molecular formula is C21H25NO2. The van der Waals surface area contributed by atoms with Crippen molar-refractivity contribution in [1.29, 1.82) is 0 Å². The molecule has 0 aliphatic heterocycles. The zero-order valence-electron chi connectivity index (χ0n) is 15.3. The van der Waals surface area contributed by atoms with E-state index in [9.17, 15) is 0 Å². The standard InChI is InChI=1S/C21H25NO2/c1-20(2,3)15-9-12-18-17(13-15)22-19(23-18)14-7-10-16(11-8-14)24-21(4,5)6/h7-13H,1-6H3. The molecule has 0 bridgehead atoms. The Morgan fingerprint density at radius 3 is 2.12 bits per heavy atom. The summed E-state index contributed by atoms with van der Waals surface area (Å²) in [6.45, 7) is 12.7. The van der Waals surface area contributed by atoms with Gasteiger partial charge in [0.1, 0.15) is 16.9 Å². The number of oxazole rings is 1. The van der Waals surface area contributed by atoms with Gasteiger partial charge in [-0.25, -0.2) is 4.98 Å². The second-order valence-electron chi connectivity index (χ2n) is 8.19. The number of hydrogen-bond donors (Lipinski definition) is 0. The average Bonchev–Trinajstić information content (AvgIpc) is 2.88. The Morgan fingerprint density at radius 1 is 0.875 bits per heavy atom. The molecule has 3 heteroatoms. The number of rotatable bonds is 2. The van der Waals surface area contributed by atoms with Gasteiger partial charge in [0, 0.05) is 5.56 Å². The van der Waals surface area contributed by atoms with Crippen molar-refractivity contribution in [1.82, 2.24) is 4.98 Å². The van der Waals surface area contributed by atoms with Crippen LogP contribution in [0.3, 0.4) is 0 Å². The van der Waals surface area contributed by atoms with Crippen molar-refractivity contribution in [2.45, 2.75) is 52.6 Å². The second-order valence-corrected chi connectivity index (χ2v) is 8.19. The molecule has 0 aliphatic rings. The fraction of sp³-hybridized carbons (Fsp3) is 0.381. The highest BCUT2D eigenvalue weighted by molar-refractivity contribution is 5.77. The Hall–Kier alpha value is -2.29. The molecule has 3 nitrogen and oxygen atoms in total. The third kappa shape index (κ3) is 3.61. The van der Waals surface area contributed by atoms with Crippen LogP contribution in [0.1, 0.15) is 47.1 Å². The van der Waals surface area contributed by atoms with Gasteiger partial charge in [-0.3, -0.25) is 0 Å². The Balaban J connectivity index is 1.92. The minimum Gasteiger partial charge on any atom is -0.488 e. The predicted octanol–water partition coefficient (Wildman–Crippen LogP) is 5.97. The summed E-state index contributed by atoms with van der Waals surface area (Å²) in [5, 5.41) is 0. The molecule has 0 saturated heterocycles. The molecule has 0 aliphatic carbocycles. The van der Waals surface area contributed by atoms with Crippen LogP contribution in [0, 0.1) is 0 Å². The zero-order valence-corrected chi connectivity index (χ0v) is 15.3. The molecule has 0 unspecified atom stereocenters. The normalized spacial score (nSPS) is 12.6. The smallest absolute Gasteiger partial charge is 0.227 e. The summed E-state index contributed by atoms with van der Waals surface area (Å²) < 4.78 is 11.8. The first-order valence-corrected chi connectivity index (χ1v) is 8.32. The van der Waals surface area contributed by atoms with Crippen LogP contribution in [0.4, 0.5) is 0 Å². The first-order chi connectivity index (χ1) is 11.1. The maximum atomic E-state index is 5.91. The van der Waals surface area contributed by atoms with Gasteiger partial charge >= 0.3 is 0 Å². The fourth-order valence-electron chi connectivity index (χ4n) is 2.54. The Morgan fingerprint density at radius 2 is 1.54 bits per heavy atom. The number of benzene rings is 2. The molecule has 3 rings (SSSR count). The summed E-state index contributed by atoms with van der Waals surface area (Å²) in [6.07, 6.45) is 0. The molecule has 2 aromatic carbocycles. The quantitative estimate of drug-likeness (QED) is 0.583. The summed E-state index contributed by atoms with van der Waals surface area (Å²) in [5.41, 5.74) is 3.80. The third-order valence-corrected chi connectivity index (χ3v) is 3.78. The molecule has 24 heavy (non-hydrogen) atoms. The van der Waals surface area contributed by atoms with E-state index in [0.29, 0.717) is 5.89 Å². The maximum Gasteiger partial charge on any atom is 0.227 e. The summed E-state index contributed by atoms with van der Waals surface area (Å²) in [7, 11) is 0. The third-order valence-electron chi connectivity index (χ3n) is 3.78. The molecule has 0 atom stereocenters. The lowest BCUT2D eigenvalue weighted by atomic mass is 9.87. The van der Waals surface area contributed by atoms with Gasteiger partial charge < -0.3 is 9.15 Å². The van der Waals surface area contributed by atoms with Crippen LogP contribution in [0.5, 0.6) is 5.75 Å². The first kappa shape index (κ1) is 16.6. The number of fused-ring (bicyclic) bond motifs is 1. The van der Waals surface area contributed by atoms with Gasteiger partial charge in [0.15, 0.2) is 5.58 Å². The van der Waals surface area contributed by atoms with E-state index in [1.165, 1.54) is 5.56 Å². The molecular weight excluding hydrogens is 298 g/mol. The minimum absolute atomic E-state index is 0.0965. The molecule has 1 heterocycles. The van der Waals surface area contributed by atoms with E-state index in [4.69, 9.17) is 9.15 Å². The largest absolute Gasteiger partial charge is 0.488 e. The van der Waals surface area contributed by atoms with Crippen molar-refractivity contribution in [3.05, 3.63) is 48.0 Å². The molecule has 0 spiro atoms. The van der Waals surface area contributed by atoms with Crippen molar-refractivity contribution < 1.29 is 9.15 Å². The van der Waals surface area contributed by atoms with E-state index >= 15 is 0 Å². The fourth-order valence-corrected chi connectivity index (χ4v) is 2.54. The van der Waals surface area contributed by atoms with Crippen molar-refractivity contribution >= 4 is 11.1 Å². The van der Waals surface area contributed by atoms with Crippen LogP contribution >= 0.6 is 0 Å². The lowest BCUT2D eigenvalue weighted by Crippen LogP contribution is -2.22. The van der Waals surface area contributed by atoms with Crippen LogP contribution in [0.25, 0.3) is 22.6 Å². The monoisotopic (exact) mass is 323 g/mol. The van der Waals surface area contributed by atoms with Crippen LogP contribution in [-0.2, 0) is 5.41 Å². The van der Waals surface area contributed by atoms with Gasteiger partial charge in [0.25, 0.3) is 0 Å². The minimum atomic E-state index is -0.206. The van der Waals surface area contributed by atoms with Gasteiger partial charge in [0.05, 0.1) is 0 Å². The number of aromatic nitrogens is 1. The van der Waals surface area contributed by atoms with E-state index in [0.717, 1.165) is 22.4 Å².